The molecule has 0 spiro atoms. The molecule has 31 heavy (non-hydrogen) atoms. The number of rotatable bonds is 13. The molecule has 1 heterocycles. The Morgan fingerprint density at radius 2 is 1.68 bits per heavy atom. The summed E-state index contributed by atoms with van der Waals surface area (Å²) in [4.78, 5) is 14.3. The lowest BCUT2D eigenvalue weighted by Crippen LogP contribution is -2.56. The molecular weight excluding hydrogens is 402 g/mol. The standard InChI is InChI=1S/C20H37N7O4/c1-8-20(9-2,13-22-18(4,5)15(3)24-28)14-23-19(6,7)16(25-29)12-26-11-10-21-17(26)27(30)31/h10-11,22-23,28-29H,8-9,12-14H2,1-7H3. The lowest BCUT2D eigenvalue weighted by atomic mass is 9.80. The van der Waals surface area contributed by atoms with Crippen LogP contribution in [0.4, 0.5) is 5.95 Å². The number of hydrogen-bond acceptors (Lipinski definition) is 9. The Morgan fingerprint density at radius 3 is 2.13 bits per heavy atom. The van der Waals surface area contributed by atoms with Gasteiger partial charge in [-0.25, -0.2) is 4.57 Å². The largest absolute Gasteiger partial charge is 0.434 e. The van der Waals surface area contributed by atoms with Crippen LogP contribution in [-0.2, 0) is 6.54 Å². The zero-order valence-corrected chi connectivity index (χ0v) is 19.6. The Bertz CT molecular complexity index is 795. The number of oxime groups is 2. The van der Waals surface area contributed by atoms with Crippen LogP contribution in [0, 0.1) is 15.5 Å². The van der Waals surface area contributed by atoms with Gasteiger partial charge in [-0.3, -0.25) is 0 Å². The number of nitrogens with zero attached hydrogens (tertiary/aromatic N) is 5. The average Bonchev–Trinajstić information content (AvgIpc) is 3.20. The van der Waals surface area contributed by atoms with E-state index in [1.807, 2.05) is 27.7 Å². The lowest BCUT2D eigenvalue weighted by Gasteiger charge is -2.39. The van der Waals surface area contributed by atoms with Crippen molar-refractivity contribution in [3.8, 4) is 0 Å². The molecule has 0 aromatic carbocycles. The smallest absolute Gasteiger partial charge is 0.411 e. The summed E-state index contributed by atoms with van der Waals surface area (Å²) in [6.45, 7) is 15.0. The van der Waals surface area contributed by atoms with Crippen LogP contribution in [0.25, 0.3) is 0 Å². The Morgan fingerprint density at radius 1 is 1.13 bits per heavy atom. The normalized spacial score (nSPS) is 14.2. The van der Waals surface area contributed by atoms with E-state index in [0.29, 0.717) is 24.5 Å². The van der Waals surface area contributed by atoms with Gasteiger partial charge in [0.2, 0.25) is 0 Å². The van der Waals surface area contributed by atoms with Crippen LogP contribution in [0.2, 0.25) is 0 Å². The van der Waals surface area contributed by atoms with Gasteiger partial charge in [0, 0.05) is 13.1 Å². The molecule has 0 saturated carbocycles. The van der Waals surface area contributed by atoms with E-state index in [9.17, 15) is 15.3 Å². The number of hydrogen-bond donors (Lipinski definition) is 4. The highest BCUT2D eigenvalue weighted by Gasteiger charge is 2.35. The molecule has 176 valence electrons. The SMILES string of the molecule is CCC(CC)(CNC(C)(C)C(C)=NO)CNC(C)(C)C(Cn1ccnc1[N+](=O)[O-])=NO. The van der Waals surface area contributed by atoms with E-state index in [0.717, 1.165) is 12.8 Å². The van der Waals surface area contributed by atoms with Crippen molar-refractivity contribution >= 4 is 17.4 Å². The number of aromatic nitrogens is 2. The molecule has 1 aromatic heterocycles. The van der Waals surface area contributed by atoms with Gasteiger partial charge in [-0.05, 0) is 57.8 Å². The second kappa shape index (κ2) is 10.7. The fraction of sp³-hybridized carbons (Fsp3) is 0.750. The minimum Gasteiger partial charge on any atom is -0.411 e. The monoisotopic (exact) mass is 439 g/mol. The van der Waals surface area contributed by atoms with Gasteiger partial charge < -0.3 is 31.2 Å². The van der Waals surface area contributed by atoms with Crippen LogP contribution in [0.15, 0.2) is 22.7 Å². The van der Waals surface area contributed by atoms with Crippen molar-refractivity contribution < 1.29 is 15.3 Å². The summed E-state index contributed by atoms with van der Waals surface area (Å²) in [6.07, 6.45) is 4.61. The average molecular weight is 440 g/mol. The summed E-state index contributed by atoms with van der Waals surface area (Å²) in [5.41, 5.74) is -0.339. The van der Waals surface area contributed by atoms with Gasteiger partial charge in [-0.1, -0.05) is 29.1 Å². The van der Waals surface area contributed by atoms with E-state index in [2.05, 4.69) is 39.8 Å². The maximum Gasteiger partial charge on any atom is 0.434 e. The molecule has 0 aliphatic carbocycles. The number of nitrogens with one attached hydrogen (secondary N) is 2. The topological polar surface area (TPSA) is 150 Å². The third-order valence-corrected chi connectivity index (χ3v) is 6.38. The summed E-state index contributed by atoms with van der Waals surface area (Å²) in [5, 5.41) is 43.6. The van der Waals surface area contributed by atoms with E-state index in [4.69, 9.17) is 5.21 Å². The fourth-order valence-corrected chi connectivity index (χ4v) is 3.10. The molecule has 0 aliphatic rings. The van der Waals surface area contributed by atoms with Gasteiger partial charge in [0.1, 0.15) is 24.7 Å². The summed E-state index contributed by atoms with van der Waals surface area (Å²) < 4.78 is 1.34. The third kappa shape index (κ3) is 6.73. The first-order valence-electron chi connectivity index (χ1n) is 10.4. The quantitative estimate of drug-likeness (QED) is 0.160. The van der Waals surface area contributed by atoms with Crippen LogP contribution in [0.1, 0.15) is 61.3 Å². The van der Waals surface area contributed by atoms with Crippen LogP contribution in [0.3, 0.4) is 0 Å². The Balaban J connectivity index is 2.95. The molecule has 0 atom stereocenters. The van der Waals surface area contributed by atoms with Crippen molar-refractivity contribution in [2.24, 2.45) is 15.7 Å². The van der Waals surface area contributed by atoms with Crippen LogP contribution in [0.5, 0.6) is 0 Å². The predicted octanol–water partition coefficient (Wildman–Crippen LogP) is 3.01. The van der Waals surface area contributed by atoms with Gasteiger partial charge in [0.25, 0.3) is 0 Å². The maximum atomic E-state index is 11.1. The zero-order valence-electron chi connectivity index (χ0n) is 19.6. The first kappa shape index (κ1) is 26.5. The van der Waals surface area contributed by atoms with Gasteiger partial charge in [0.05, 0.1) is 16.8 Å². The van der Waals surface area contributed by atoms with Crippen molar-refractivity contribution in [1.29, 1.82) is 0 Å². The van der Waals surface area contributed by atoms with Gasteiger partial charge in [-0.15, -0.1) is 0 Å². The molecule has 0 saturated heterocycles. The summed E-state index contributed by atoms with van der Waals surface area (Å²) in [7, 11) is 0. The van der Waals surface area contributed by atoms with Crippen LogP contribution < -0.4 is 10.6 Å². The Hall–Kier alpha value is -2.53. The van der Waals surface area contributed by atoms with Crippen molar-refractivity contribution in [3.05, 3.63) is 22.5 Å². The van der Waals surface area contributed by atoms with Crippen LogP contribution >= 0.6 is 0 Å². The molecule has 0 radical (unpaired) electrons. The third-order valence-electron chi connectivity index (χ3n) is 6.38. The lowest BCUT2D eigenvalue weighted by molar-refractivity contribution is -0.396. The molecule has 11 heteroatoms. The molecule has 0 aliphatic heterocycles. The zero-order chi connectivity index (χ0) is 23.9. The molecule has 1 rings (SSSR count). The maximum absolute atomic E-state index is 11.1. The molecule has 0 unspecified atom stereocenters. The van der Waals surface area contributed by atoms with Gasteiger partial charge >= 0.3 is 5.95 Å². The molecule has 11 nitrogen and oxygen atoms in total. The highest BCUT2D eigenvalue weighted by atomic mass is 16.6. The molecule has 0 bridgehead atoms. The number of nitro groups is 1. The predicted molar refractivity (Wildman–Crippen MR) is 120 cm³/mol. The highest BCUT2D eigenvalue weighted by Crippen LogP contribution is 2.27. The molecular formula is C20H37N7O4. The summed E-state index contributed by atoms with van der Waals surface area (Å²) in [6, 6.07) is 0. The van der Waals surface area contributed by atoms with Gasteiger partial charge in [0.15, 0.2) is 0 Å². The van der Waals surface area contributed by atoms with Crippen molar-refractivity contribution in [2.75, 3.05) is 13.1 Å². The van der Waals surface area contributed by atoms with E-state index in [-0.39, 0.29) is 17.9 Å². The summed E-state index contributed by atoms with van der Waals surface area (Å²) >= 11 is 0. The second-order valence-electron chi connectivity index (χ2n) is 9.01. The van der Waals surface area contributed by atoms with Crippen molar-refractivity contribution in [3.63, 3.8) is 0 Å². The summed E-state index contributed by atoms with van der Waals surface area (Å²) in [5.74, 6) is -0.305. The van der Waals surface area contributed by atoms with Crippen LogP contribution in [-0.4, -0.2) is 60.5 Å². The highest BCUT2D eigenvalue weighted by molar-refractivity contribution is 5.92. The molecule has 1 aromatic rings. The Kier molecular flexibility index (Phi) is 9.12. The van der Waals surface area contributed by atoms with Crippen molar-refractivity contribution in [2.45, 2.75) is 78.9 Å². The first-order valence-corrected chi connectivity index (χ1v) is 10.4. The van der Waals surface area contributed by atoms with E-state index in [1.165, 1.54) is 17.0 Å². The van der Waals surface area contributed by atoms with E-state index < -0.39 is 16.0 Å². The number of imidazole rings is 1. The van der Waals surface area contributed by atoms with Crippen molar-refractivity contribution in [1.82, 2.24) is 20.2 Å². The van der Waals surface area contributed by atoms with E-state index >= 15 is 0 Å². The molecule has 0 amide bonds. The molecule has 0 fully saturated rings. The van der Waals surface area contributed by atoms with E-state index in [1.54, 1.807) is 6.92 Å². The Labute approximate surface area is 183 Å². The molecule has 4 N–H and O–H groups in total. The second-order valence-corrected chi connectivity index (χ2v) is 9.01. The van der Waals surface area contributed by atoms with Gasteiger partial charge in [-0.2, -0.15) is 0 Å². The minimum atomic E-state index is -0.722. The minimum absolute atomic E-state index is 0.0372. The first-order chi connectivity index (χ1) is 14.4. The fourth-order valence-electron chi connectivity index (χ4n) is 3.10.